The lowest BCUT2D eigenvalue weighted by Crippen LogP contribution is -2.08. The predicted octanol–water partition coefficient (Wildman–Crippen LogP) is 4.30. The summed E-state index contributed by atoms with van der Waals surface area (Å²) in [6.45, 7) is 0. The van der Waals surface area contributed by atoms with E-state index < -0.39 is 0 Å². The van der Waals surface area contributed by atoms with Crippen LogP contribution in [0.25, 0.3) is 27.3 Å². The van der Waals surface area contributed by atoms with Crippen LogP contribution in [0.2, 0.25) is 5.02 Å². The van der Waals surface area contributed by atoms with Crippen molar-refractivity contribution in [2.45, 2.75) is 0 Å². The minimum atomic E-state index is -0.385. The Morgan fingerprint density at radius 3 is 2.78 bits per heavy atom. The van der Waals surface area contributed by atoms with Crippen LogP contribution >= 0.6 is 22.9 Å². The third-order valence-electron chi connectivity index (χ3n) is 4.23. The van der Waals surface area contributed by atoms with E-state index in [0.29, 0.717) is 15.7 Å². The Labute approximate surface area is 161 Å². The lowest BCUT2D eigenvalue weighted by Gasteiger charge is -2.01. The van der Waals surface area contributed by atoms with Gasteiger partial charge in [-0.05, 0) is 24.3 Å². The maximum atomic E-state index is 11.6. The highest BCUT2D eigenvalue weighted by molar-refractivity contribution is 7.20. The highest BCUT2D eigenvalue weighted by Gasteiger charge is 2.11. The largest absolute Gasteiger partial charge is 0.419 e. The number of hydrogen-bond acceptors (Lipinski definition) is 6. The van der Waals surface area contributed by atoms with Crippen molar-refractivity contribution in [3.8, 4) is 11.3 Å². The van der Waals surface area contributed by atoms with E-state index in [1.807, 2.05) is 42.6 Å². The highest BCUT2D eigenvalue weighted by Crippen LogP contribution is 2.28. The molecular formula is C18H12ClN5O2S. The van der Waals surface area contributed by atoms with Crippen LogP contribution in [0.4, 0.5) is 10.8 Å². The molecular weight excluding hydrogens is 386 g/mol. The van der Waals surface area contributed by atoms with E-state index in [1.165, 1.54) is 15.9 Å². The van der Waals surface area contributed by atoms with Gasteiger partial charge in [-0.15, -0.1) is 5.10 Å². The Morgan fingerprint density at radius 1 is 1.19 bits per heavy atom. The number of hydrogen-bond donors (Lipinski definition) is 1. The first-order valence-electron chi connectivity index (χ1n) is 8.05. The second-order valence-electron chi connectivity index (χ2n) is 6.00. The van der Waals surface area contributed by atoms with Gasteiger partial charge in [-0.2, -0.15) is 0 Å². The van der Waals surface area contributed by atoms with Crippen molar-refractivity contribution in [2.75, 3.05) is 5.32 Å². The van der Waals surface area contributed by atoms with Crippen LogP contribution in [-0.4, -0.2) is 19.2 Å². The van der Waals surface area contributed by atoms with Crippen LogP contribution in [0.3, 0.4) is 0 Å². The van der Waals surface area contributed by atoms with E-state index in [4.69, 9.17) is 16.0 Å². The Morgan fingerprint density at radius 2 is 2.00 bits per heavy atom. The van der Waals surface area contributed by atoms with Crippen LogP contribution in [0.15, 0.2) is 57.9 Å². The molecule has 5 rings (SSSR count). The fraction of sp³-hybridized carbons (Fsp3) is 0.0556. The second-order valence-corrected chi connectivity index (χ2v) is 7.39. The molecule has 134 valence electrons. The normalized spacial score (nSPS) is 11.5. The van der Waals surface area contributed by atoms with Crippen molar-refractivity contribution in [3.63, 3.8) is 0 Å². The zero-order chi connectivity index (χ0) is 18.5. The molecule has 1 N–H and O–H groups in total. The summed E-state index contributed by atoms with van der Waals surface area (Å²) in [7, 11) is 1.68. The molecule has 0 unspecified atom stereocenters. The van der Waals surface area contributed by atoms with Gasteiger partial charge < -0.3 is 9.73 Å². The highest BCUT2D eigenvalue weighted by atomic mass is 35.5. The minimum absolute atomic E-state index is 0.385. The van der Waals surface area contributed by atoms with Gasteiger partial charge in [-0.3, -0.25) is 4.57 Å². The summed E-state index contributed by atoms with van der Waals surface area (Å²) in [6.07, 6.45) is 1.87. The van der Waals surface area contributed by atoms with E-state index in [0.717, 1.165) is 27.4 Å². The number of imidazole rings is 1. The standard InChI is InChI=1S/C18H12ClN5O2S/c1-23-14-7-6-12(8-15(14)26-18(23)25)20-16-22-24-9-13(21-17(24)27-16)10-2-4-11(19)5-3-10/h2-9H,1H3,(H,20,22). The van der Waals surface area contributed by atoms with Crippen molar-refractivity contribution >= 4 is 49.8 Å². The number of fused-ring (bicyclic) bond motifs is 2. The van der Waals surface area contributed by atoms with Gasteiger partial charge in [-0.25, -0.2) is 14.3 Å². The molecule has 7 nitrogen and oxygen atoms in total. The summed E-state index contributed by atoms with van der Waals surface area (Å²) in [4.78, 5) is 17.0. The van der Waals surface area contributed by atoms with Gasteiger partial charge >= 0.3 is 5.76 Å². The number of rotatable bonds is 3. The van der Waals surface area contributed by atoms with Crippen molar-refractivity contribution < 1.29 is 4.42 Å². The maximum absolute atomic E-state index is 11.6. The molecule has 0 aliphatic rings. The van der Waals surface area contributed by atoms with Gasteiger partial charge in [-0.1, -0.05) is 35.1 Å². The summed E-state index contributed by atoms with van der Waals surface area (Å²) in [5, 5.41) is 9.12. The van der Waals surface area contributed by atoms with Crippen LogP contribution in [0, 0.1) is 0 Å². The van der Waals surface area contributed by atoms with Gasteiger partial charge in [0.25, 0.3) is 0 Å². The third-order valence-corrected chi connectivity index (χ3v) is 5.32. The van der Waals surface area contributed by atoms with Crippen LogP contribution < -0.4 is 11.1 Å². The van der Waals surface area contributed by atoms with Crippen LogP contribution in [0.5, 0.6) is 0 Å². The van der Waals surface area contributed by atoms with Gasteiger partial charge in [0.1, 0.15) is 0 Å². The average Bonchev–Trinajstić information content (AvgIpc) is 3.28. The first-order chi connectivity index (χ1) is 13.1. The van der Waals surface area contributed by atoms with E-state index in [-0.39, 0.29) is 5.76 Å². The summed E-state index contributed by atoms with van der Waals surface area (Å²) < 4.78 is 8.42. The van der Waals surface area contributed by atoms with Crippen LogP contribution in [-0.2, 0) is 7.05 Å². The zero-order valence-corrected chi connectivity index (χ0v) is 15.6. The van der Waals surface area contributed by atoms with E-state index in [9.17, 15) is 4.79 Å². The lowest BCUT2D eigenvalue weighted by atomic mass is 10.2. The number of halogens is 1. The fourth-order valence-electron chi connectivity index (χ4n) is 2.85. The Bertz CT molecular complexity index is 1310. The van der Waals surface area contributed by atoms with Crippen molar-refractivity contribution in [1.29, 1.82) is 0 Å². The summed E-state index contributed by atoms with van der Waals surface area (Å²) >= 11 is 7.36. The van der Waals surface area contributed by atoms with Crippen molar-refractivity contribution in [2.24, 2.45) is 7.05 Å². The quantitative estimate of drug-likeness (QED) is 0.491. The Balaban J connectivity index is 1.44. The third kappa shape index (κ3) is 2.79. The smallest absolute Gasteiger partial charge is 0.408 e. The molecule has 9 heteroatoms. The predicted molar refractivity (Wildman–Crippen MR) is 106 cm³/mol. The van der Waals surface area contributed by atoms with E-state index in [2.05, 4.69) is 15.4 Å². The topological polar surface area (TPSA) is 77.4 Å². The van der Waals surface area contributed by atoms with Gasteiger partial charge in [0.15, 0.2) is 5.58 Å². The van der Waals surface area contributed by atoms with Crippen molar-refractivity contribution in [3.05, 3.63) is 64.2 Å². The Hall–Kier alpha value is -3.10. The monoisotopic (exact) mass is 397 g/mol. The number of nitrogens with one attached hydrogen (secondary N) is 1. The number of oxazole rings is 1. The minimum Gasteiger partial charge on any atom is -0.408 e. The average molecular weight is 398 g/mol. The molecule has 3 aromatic heterocycles. The number of anilines is 2. The number of aryl methyl sites for hydroxylation is 1. The molecule has 0 radical (unpaired) electrons. The molecule has 0 atom stereocenters. The van der Waals surface area contributed by atoms with E-state index >= 15 is 0 Å². The number of aromatic nitrogens is 4. The number of benzene rings is 2. The van der Waals surface area contributed by atoms with E-state index in [1.54, 1.807) is 17.6 Å². The molecule has 27 heavy (non-hydrogen) atoms. The molecule has 0 spiro atoms. The summed E-state index contributed by atoms with van der Waals surface area (Å²) in [5.74, 6) is -0.385. The van der Waals surface area contributed by atoms with Crippen molar-refractivity contribution in [1.82, 2.24) is 19.2 Å². The summed E-state index contributed by atoms with van der Waals surface area (Å²) in [6, 6.07) is 13.0. The first-order valence-corrected chi connectivity index (χ1v) is 9.25. The molecule has 0 fully saturated rings. The maximum Gasteiger partial charge on any atom is 0.419 e. The zero-order valence-electron chi connectivity index (χ0n) is 14.0. The van der Waals surface area contributed by atoms with Gasteiger partial charge in [0.05, 0.1) is 17.4 Å². The second kappa shape index (κ2) is 5.97. The van der Waals surface area contributed by atoms with Crippen LogP contribution in [0.1, 0.15) is 0 Å². The summed E-state index contributed by atoms with van der Waals surface area (Å²) in [5.41, 5.74) is 3.87. The molecule has 5 aromatic rings. The van der Waals surface area contributed by atoms with Gasteiger partial charge in [0.2, 0.25) is 10.1 Å². The molecule has 0 amide bonds. The fourth-order valence-corrected chi connectivity index (χ4v) is 3.77. The molecule has 0 aliphatic heterocycles. The Kier molecular flexibility index (Phi) is 3.56. The molecule has 3 heterocycles. The SMILES string of the molecule is Cn1c(=O)oc2cc(Nc3nn4cc(-c5ccc(Cl)cc5)nc4s3)ccc21. The first kappa shape index (κ1) is 16.1. The molecule has 2 aromatic carbocycles. The van der Waals surface area contributed by atoms with Gasteiger partial charge in [0, 0.05) is 29.4 Å². The molecule has 0 bridgehead atoms. The molecule has 0 saturated heterocycles. The molecule has 0 saturated carbocycles. The molecule has 0 aliphatic carbocycles. The lowest BCUT2D eigenvalue weighted by molar-refractivity contribution is 0.528. The number of nitrogens with zero attached hydrogens (tertiary/aromatic N) is 4.